The fourth-order valence-corrected chi connectivity index (χ4v) is 1.39. The molecule has 0 aromatic carbocycles. The first-order chi connectivity index (χ1) is 5.20. The van der Waals surface area contributed by atoms with E-state index in [9.17, 15) is 10.0 Å². The van der Waals surface area contributed by atoms with Crippen LogP contribution in [0.3, 0.4) is 0 Å². The van der Waals surface area contributed by atoms with Gasteiger partial charge in [-0.1, -0.05) is 6.42 Å². The lowest BCUT2D eigenvalue weighted by molar-refractivity contribution is -0.159. The van der Waals surface area contributed by atoms with E-state index in [1.165, 1.54) is 0 Å². The molecule has 1 saturated heterocycles. The lowest BCUT2D eigenvalue weighted by Crippen LogP contribution is -2.38. The lowest BCUT2D eigenvalue weighted by Gasteiger charge is -2.28. The Labute approximate surface area is 65.4 Å². The number of nitrogens with zero attached hydrogens (tertiary/aromatic N) is 1. The SMILES string of the molecule is O=C(O)CC1CCCCN1O. The van der Waals surface area contributed by atoms with E-state index in [-0.39, 0.29) is 12.5 Å². The highest BCUT2D eigenvalue weighted by molar-refractivity contribution is 5.67. The Bertz CT molecular complexity index is 149. The van der Waals surface area contributed by atoms with E-state index >= 15 is 0 Å². The minimum Gasteiger partial charge on any atom is -0.481 e. The van der Waals surface area contributed by atoms with Gasteiger partial charge in [0.2, 0.25) is 0 Å². The molecule has 1 heterocycles. The molecule has 0 amide bonds. The van der Waals surface area contributed by atoms with Gasteiger partial charge in [-0.15, -0.1) is 0 Å². The van der Waals surface area contributed by atoms with Crippen molar-refractivity contribution in [3.63, 3.8) is 0 Å². The highest BCUT2D eigenvalue weighted by Crippen LogP contribution is 2.16. The summed E-state index contributed by atoms with van der Waals surface area (Å²) >= 11 is 0. The van der Waals surface area contributed by atoms with Crippen LogP contribution in [0.4, 0.5) is 0 Å². The van der Waals surface area contributed by atoms with Crippen molar-refractivity contribution in [2.75, 3.05) is 6.54 Å². The molecule has 0 aliphatic carbocycles. The molecule has 11 heavy (non-hydrogen) atoms. The number of piperidine rings is 1. The zero-order chi connectivity index (χ0) is 8.27. The molecular weight excluding hydrogens is 146 g/mol. The standard InChI is InChI=1S/C7H13NO3/c9-7(10)5-6-3-1-2-4-8(6)11/h6,11H,1-5H2,(H,9,10). The summed E-state index contributed by atoms with van der Waals surface area (Å²) in [4.78, 5) is 10.3. The fourth-order valence-electron chi connectivity index (χ4n) is 1.39. The van der Waals surface area contributed by atoms with Gasteiger partial charge in [0, 0.05) is 12.6 Å². The Balaban J connectivity index is 2.35. The number of rotatable bonds is 2. The molecule has 0 saturated carbocycles. The topological polar surface area (TPSA) is 60.8 Å². The number of hydrogen-bond acceptors (Lipinski definition) is 3. The van der Waals surface area contributed by atoms with Crippen molar-refractivity contribution < 1.29 is 15.1 Å². The predicted molar refractivity (Wildman–Crippen MR) is 38.4 cm³/mol. The average Bonchev–Trinajstić information content (AvgIpc) is 1.93. The molecule has 4 heteroatoms. The number of hydrogen-bond donors (Lipinski definition) is 2. The molecule has 0 aromatic rings. The number of carboxylic acid groups (broad SMARTS) is 1. The second-order valence-corrected chi connectivity index (χ2v) is 2.91. The Morgan fingerprint density at radius 3 is 2.82 bits per heavy atom. The van der Waals surface area contributed by atoms with Crippen LogP contribution in [0.5, 0.6) is 0 Å². The third-order valence-electron chi connectivity index (χ3n) is 2.01. The summed E-state index contributed by atoms with van der Waals surface area (Å²) in [5.41, 5.74) is 0. The summed E-state index contributed by atoms with van der Waals surface area (Å²) in [6.45, 7) is 0.609. The Hall–Kier alpha value is -0.610. The number of carbonyl (C=O) groups is 1. The monoisotopic (exact) mass is 159 g/mol. The second-order valence-electron chi connectivity index (χ2n) is 2.91. The Morgan fingerprint density at radius 1 is 1.55 bits per heavy atom. The van der Waals surface area contributed by atoms with E-state index < -0.39 is 5.97 Å². The summed E-state index contributed by atoms with van der Waals surface area (Å²) in [7, 11) is 0. The minimum absolute atomic E-state index is 0.0521. The van der Waals surface area contributed by atoms with Crippen LogP contribution in [-0.4, -0.2) is 33.9 Å². The van der Waals surface area contributed by atoms with E-state index in [0.717, 1.165) is 24.3 Å². The van der Waals surface area contributed by atoms with Crippen molar-refractivity contribution in [2.24, 2.45) is 0 Å². The molecule has 0 spiro atoms. The quantitative estimate of drug-likeness (QED) is 0.622. The van der Waals surface area contributed by atoms with Crippen LogP contribution in [0.15, 0.2) is 0 Å². The molecule has 1 unspecified atom stereocenters. The van der Waals surface area contributed by atoms with Gasteiger partial charge in [0.15, 0.2) is 0 Å². The van der Waals surface area contributed by atoms with Crippen LogP contribution in [0.25, 0.3) is 0 Å². The molecule has 64 valence electrons. The summed E-state index contributed by atoms with van der Waals surface area (Å²) < 4.78 is 0. The van der Waals surface area contributed by atoms with Gasteiger partial charge in [0.1, 0.15) is 0 Å². The molecule has 1 fully saturated rings. The maximum Gasteiger partial charge on any atom is 0.305 e. The number of carboxylic acids is 1. The van der Waals surface area contributed by atoms with Crippen molar-refractivity contribution in [3.05, 3.63) is 0 Å². The van der Waals surface area contributed by atoms with Crippen LogP contribution in [0.1, 0.15) is 25.7 Å². The molecule has 1 rings (SSSR count). The second kappa shape index (κ2) is 3.69. The lowest BCUT2D eigenvalue weighted by atomic mass is 10.0. The van der Waals surface area contributed by atoms with Crippen molar-refractivity contribution in [1.29, 1.82) is 0 Å². The Kier molecular flexibility index (Phi) is 2.84. The van der Waals surface area contributed by atoms with Gasteiger partial charge < -0.3 is 10.3 Å². The summed E-state index contributed by atoms with van der Waals surface area (Å²) in [5, 5.41) is 18.8. The van der Waals surface area contributed by atoms with Gasteiger partial charge in [0.25, 0.3) is 0 Å². The van der Waals surface area contributed by atoms with E-state index in [1.54, 1.807) is 0 Å². The van der Waals surface area contributed by atoms with Crippen molar-refractivity contribution in [2.45, 2.75) is 31.7 Å². The maximum absolute atomic E-state index is 10.3. The van der Waals surface area contributed by atoms with E-state index in [1.807, 2.05) is 0 Å². The van der Waals surface area contributed by atoms with E-state index in [2.05, 4.69) is 0 Å². The molecule has 2 N–H and O–H groups in total. The van der Waals surface area contributed by atoms with Crippen LogP contribution < -0.4 is 0 Å². The van der Waals surface area contributed by atoms with E-state index in [0.29, 0.717) is 6.54 Å². The molecule has 0 bridgehead atoms. The first-order valence-electron chi connectivity index (χ1n) is 3.87. The third-order valence-corrected chi connectivity index (χ3v) is 2.01. The van der Waals surface area contributed by atoms with Gasteiger partial charge in [0.05, 0.1) is 6.42 Å². The first-order valence-corrected chi connectivity index (χ1v) is 3.87. The van der Waals surface area contributed by atoms with Crippen LogP contribution in [0, 0.1) is 0 Å². The average molecular weight is 159 g/mol. The number of aliphatic carboxylic acids is 1. The third kappa shape index (κ3) is 2.48. The maximum atomic E-state index is 10.3. The summed E-state index contributed by atoms with van der Waals surface area (Å²) in [6, 6.07) is -0.166. The van der Waals surface area contributed by atoms with E-state index in [4.69, 9.17) is 5.11 Å². The fraction of sp³-hybridized carbons (Fsp3) is 0.857. The zero-order valence-electron chi connectivity index (χ0n) is 6.36. The zero-order valence-corrected chi connectivity index (χ0v) is 6.36. The first kappa shape index (κ1) is 8.49. The van der Waals surface area contributed by atoms with Gasteiger partial charge in [-0.05, 0) is 12.8 Å². The Morgan fingerprint density at radius 2 is 2.27 bits per heavy atom. The van der Waals surface area contributed by atoms with Gasteiger partial charge in [-0.2, -0.15) is 5.06 Å². The van der Waals surface area contributed by atoms with Crippen molar-refractivity contribution in [3.8, 4) is 0 Å². The van der Waals surface area contributed by atoms with Crippen LogP contribution >= 0.6 is 0 Å². The highest BCUT2D eigenvalue weighted by atomic mass is 16.5. The molecule has 1 atom stereocenters. The minimum atomic E-state index is -0.837. The molecule has 0 aromatic heterocycles. The molecule has 1 aliphatic heterocycles. The molecule has 4 nitrogen and oxygen atoms in total. The van der Waals surface area contributed by atoms with Gasteiger partial charge in [-0.3, -0.25) is 4.79 Å². The highest BCUT2D eigenvalue weighted by Gasteiger charge is 2.22. The van der Waals surface area contributed by atoms with Gasteiger partial charge in [-0.25, -0.2) is 0 Å². The van der Waals surface area contributed by atoms with Crippen LogP contribution in [0.2, 0.25) is 0 Å². The van der Waals surface area contributed by atoms with Gasteiger partial charge >= 0.3 is 5.97 Å². The summed E-state index contributed by atoms with van der Waals surface area (Å²) in [5.74, 6) is -0.837. The molecular formula is C7H13NO3. The van der Waals surface area contributed by atoms with Crippen molar-refractivity contribution in [1.82, 2.24) is 5.06 Å². The molecule has 1 aliphatic rings. The van der Waals surface area contributed by atoms with Crippen molar-refractivity contribution >= 4 is 5.97 Å². The predicted octanol–water partition coefficient (Wildman–Crippen LogP) is 0.705. The molecule has 0 radical (unpaired) electrons. The number of hydroxylamine groups is 2. The summed E-state index contributed by atoms with van der Waals surface area (Å²) in [6.07, 6.45) is 2.83. The largest absolute Gasteiger partial charge is 0.481 e. The normalized spacial score (nSPS) is 26.8. The van der Waals surface area contributed by atoms with Crippen LogP contribution in [-0.2, 0) is 4.79 Å². The smallest absolute Gasteiger partial charge is 0.305 e.